The van der Waals surface area contributed by atoms with Gasteiger partial charge in [0, 0.05) is 0 Å². The number of rotatable bonds is 11. The van der Waals surface area contributed by atoms with Crippen LogP contribution in [0.2, 0.25) is 0 Å². The number of carbonyl (C=O) groups excluding carboxylic acids is 1. The highest BCUT2D eigenvalue weighted by atomic mass is 79.9. The first-order chi connectivity index (χ1) is 19.7. The van der Waals surface area contributed by atoms with E-state index in [4.69, 9.17) is 9.47 Å². The van der Waals surface area contributed by atoms with Gasteiger partial charge >= 0.3 is 0 Å². The summed E-state index contributed by atoms with van der Waals surface area (Å²) < 4.78 is 40.3. The SMILES string of the molecule is COc1cc(/C=N\NC(=O)CN(c2cccc(C)c2)S(=O)(=O)c2ccc(C)cc2)cc(Br)c1OCc1ccccc1. The first-order valence-electron chi connectivity index (χ1n) is 12.7. The van der Waals surface area contributed by atoms with Gasteiger partial charge < -0.3 is 9.47 Å². The van der Waals surface area contributed by atoms with Crippen LogP contribution in [0.3, 0.4) is 0 Å². The molecule has 0 aromatic heterocycles. The molecule has 1 amide bonds. The normalized spacial score (nSPS) is 11.3. The number of carbonyl (C=O) groups is 1. The molecule has 41 heavy (non-hydrogen) atoms. The smallest absolute Gasteiger partial charge is 0.264 e. The van der Waals surface area contributed by atoms with Crippen molar-refractivity contribution in [3.8, 4) is 11.5 Å². The predicted octanol–water partition coefficient (Wildman–Crippen LogP) is 6.00. The van der Waals surface area contributed by atoms with Gasteiger partial charge in [-0.25, -0.2) is 13.8 Å². The first kappa shape index (κ1) is 29.8. The van der Waals surface area contributed by atoms with Crippen LogP contribution in [-0.2, 0) is 21.4 Å². The van der Waals surface area contributed by atoms with Crippen molar-refractivity contribution in [1.82, 2.24) is 5.43 Å². The van der Waals surface area contributed by atoms with Crippen LogP contribution in [0.25, 0.3) is 0 Å². The van der Waals surface area contributed by atoms with E-state index < -0.39 is 22.5 Å². The van der Waals surface area contributed by atoms with Gasteiger partial charge in [0.15, 0.2) is 11.5 Å². The van der Waals surface area contributed by atoms with Gasteiger partial charge in [-0.1, -0.05) is 60.2 Å². The third-order valence-corrected chi connectivity index (χ3v) is 8.44. The van der Waals surface area contributed by atoms with Gasteiger partial charge in [-0.2, -0.15) is 5.10 Å². The fraction of sp³-hybridized carbons (Fsp3) is 0.161. The fourth-order valence-corrected chi connectivity index (χ4v) is 5.95. The lowest BCUT2D eigenvalue weighted by Crippen LogP contribution is -2.39. The summed E-state index contributed by atoms with van der Waals surface area (Å²) in [5.74, 6) is 0.415. The van der Waals surface area contributed by atoms with Crippen LogP contribution >= 0.6 is 15.9 Å². The quantitative estimate of drug-likeness (QED) is 0.161. The Morgan fingerprint density at radius 3 is 2.37 bits per heavy atom. The lowest BCUT2D eigenvalue weighted by Gasteiger charge is -2.24. The zero-order chi connectivity index (χ0) is 29.4. The molecule has 0 fully saturated rings. The molecule has 0 bridgehead atoms. The molecule has 0 spiro atoms. The van der Waals surface area contributed by atoms with Crippen molar-refractivity contribution >= 4 is 43.8 Å². The van der Waals surface area contributed by atoms with Crippen molar-refractivity contribution in [2.45, 2.75) is 25.3 Å². The molecule has 0 unspecified atom stereocenters. The van der Waals surface area contributed by atoms with Crippen LogP contribution in [0, 0.1) is 13.8 Å². The topological polar surface area (TPSA) is 97.3 Å². The van der Waals surface area contributed by atoms with Gasteiger partial charge in [0.25, 0.3) is 15.9 Å². The highest BCUT2D eigenvalue weighted by Crippen LogP contribution is 2.37. The Labute approximate surface area is 248 Å². The summed E-state index contributed by atoms with van der Waals surface area (Å²) in [7, 11) is -2.49. The van der Waals surface area contributed by atoms with Crippen LogP contribution in [0.4, 0.5) is 5.69 Å². The average molecular weight is 637 g/mol. The van der Waals surface area contributed by atoms with E-state index in [9.17, 15) is 13.2 Å². The highest BCUT2D eigenvalue weighted by Gasteiger charge is 2.27. The molecular formula is C31H30BrN3O5S. The largest absolute Gasteiger partial charge is 0.493 e. The fourth-order valence-electron chi connectivity index (χ4n) is 3.96. The summed E-state index contributed by atoms with van der Waals surface area (Å²) >= 11 is 3.52. The number of aryl methyl sites for hydroxylation is 2. The zero-order valence-corrected chi connectivity index (χ0v) is 25.3. The molecule has 4 rings (SSSR count). The number of hydrazone groups is 1. The van der Waals surface area contributed by atoms with Crippen molar-refractivity contribution < 1.29 is 22.7 Å². The number of ether oxygens (including phenoxy) is 2. The van der Waals surface area contributed by atoms with Crippen LogP contribution in [-0.4, -0.2) is 34.2 Å². The Morgan fingerprint density at radius 2 is 1.68 bits per heavy atom. The predicted molar refractivity (Wildman–Crippen MR) is 164 cm³/mol. The maximum Gasteiger partial charge on any atom is 0.264 e. The summed E-state index contributed by atoms with van der Waals surface area (Å²) in [4.78, 5) is 13.0. The Balaban J connectivity index is 1.49. The minimum atomic E-state index is -4.02. The molecule has 0 saturated heterocycles. The van der Waals surface area contributed by atoms with Crippen LogP contribution in [0.1, 0.15) is 22.3 Å². The Morgan fingerprint density at radius 1 is 0.951 bits per heavy atom. The van der Waals surface area contributed by atoms with E-state index in [0.717, 1.165) is 21.0 Å². The Kier molecular flexibility index (Phi) is 9.80. The van der Waals surface area contributed by atoms with E-state index in [-0.39, 0.29) is 4.90 Å². The van der Waals surface area contributed by atoms with Crippen LogP contribution < -0.4 is 19.2 Å². The van der Waals surface area contributed by atoms with Gasteiger partial charge in [0.2, 0.25) is 0 Å². The molecule has 10 heteroatoms. The maximum atomic E-state index is 13.5. The summed E-state index contributed by atoms with van der Waals surface area (Å²) in [6.07, 6.45) is 1.44. The van der Waals surface area contributed by atoms with Gasteiger partial charge in [0.1, 0.15) is 13.2 Å². The number of amides is 1. The Bertz CT molecular complexity index is 1640. The molecule has 212 valence electrons. The van der Waals surface area contributed by atoms with Gasteiger partial charge in [-0.3, -0.25) is 9.10 Å². The molecule has 0 aliphatic rings. The van der Waals surface area contributed by atoms with Crippen molar-refractivity contribution in [2.24, 2.45) is 5.10 Å². The van der Waals surface area contributed by atoms with Gasteiger partial charge in [0.05, 0.1) is 28.4 Å². The number of nitrogens with one attached hydrogen (secondary N) is 1. The van der Waals surface area contributed by atoms with E-state index in [2.05, 4.69) is 26.5 Å². The summed E-state index contributed by atoms with van der Waals surface area (Å²) in [6.45, 7) is 3.63. The number of sulfonamides is 1. The van der Waals surface area contributed by atoms with Crippen molar-refractivity contribution in [3.05, 3.63) is 118 Å². The average Bonchev–Trinajstić information content (AvgIpc) is 2.95. The number of methoxy groups -OCH3 is 1. The third-order valence-electron chi connectivity index (χ3n) is 6.07. The molecule has 4 aromatic rings. The molecule has 0 saturated carbocycles. The van der Waals surface area contributed by atoms with Gasteiger partial charge in [-0.05, 0) is 82.9 Å². The number of halogens is 1. The minimum Gasteiger partial charge on any atom is -0.493 e. The molecular weight excluding hydrogens is 606 g/mol. The molecule has 0 aliphatic heterocycles. The summed E-state index contributed by atoms with van der Waals surface area (Å²) in [5, 5.41) is 4.05. The zero-order valence-electron chi connectivity index (χ0n) is 22.9. The Hall–Kier alpha value is -4.15. The highest BCUT2D eigenvalue weighted by molar-refractivity contribution is 9.10. The van der Waals surface area contributed by atoms with Crippen molar-refractivity contribution in [1.29, 1.82) is 0 Å². The molecule has 0 radical (unpaired) electrons. The van der Waals surface area contributed by atoms with E-state index in [1.54, 1.807) is 42.5 Å². The second-order valence-electron chi connectivity index (χ2n) is 9.27. The monoisotopic (exact) mass is 635 g/mol. The number of nitrogens with zero attached hydrogens (tertiary/aromatic N) is 2. The molecule has 0 aliphatic carbocycles. The molecule has 0 atom stereocenters. The number of hydrogen-bond acceptors (Lipinski definition) is 6. The van der Waals surface area contributed by atoms with E-state index in [1.165, 1.54) is 25.5 Å². The van der Waals surface area contributed by atoms with E-state index >= 15 is 0 Å². The van der Waals surface area contributed by atoms with Crippen molar-refractivity contribution in [3.63, 3.8) is 0 Å². The molecule has 1 N–H and O–H groups in total. The maximum absolute atomic E-state index is 13.5. The molecule has 0 heterocycles. The standard InChI is InChI=1S/C31H30BrN3O5S/c1-22-12-14-27(15-13-22)41(37,38)35(26-11-7-8-23(2)16-26)20-30(36)34-33-19-25-17-28(32)31(29(18-25)39-3)40-21-24-9-5-4-6-10-24/h4-19H,20-21H2,1-3H3,(H,34,36)/b33-19-. The van der Waals surface area contributed by atoms with E-state index in [0.29, 0.717) is 33.8 Å². The number of benzene rings is 4. The molecule has 8 nitrogen and oxygen atoms in total. The van der Waals surface area contributed by atoms with Gasteiger partial charge in [-0.15, -0.1) is 0 Å². The lowest BCUT2D eigenvalue weighted by molar-refractivity contribution is -0.119. The summed E-state index contributed by atoms with van der Waals surface area (Å²) in [5.41, 5.74) is 6.24. The number of anilines is 1. The first-order valence-corrected chi connectivity index (χ1v) is 14.9. The lowest BCUT2D eigenvalue weighted by atomic mass is 10.2. The second kappa shape index (κ2) is 13.5. The summed E-state index contributed by atoms with van der Waals surface area (Å²) in [6, 6.07) is 26.7. The molecule has 4 aromatic carbocycles. The van der Waals surface area contributed by atoms with E-state index in [1.807, 2.05) is 50.2 Å². The van der Waals surface area contributed by atoms with Crippen LogP contribution in [0.15, 0.2) is 105 Å². The second-order valence-corrected chi connectivity index (χ2v) is 12.0. The van der Waals surface area contributed by atoms with Crippen LogP contribution in [0.5, 0.6) is 11.5 Å². The number of hydrogen-bond donors (Lipinski definition) is 1. The third kappa shape index (κ3) is 7.74. The minimum absolute atomic E-state index is 0.0902. The van der Waals surface area contributed by atoms with Crippen molar-refractivity contribution in [2.75, 3.05) is 18.0 Å².